The third-order valence-corrected chi connectivity index (χ3v) is 3.45. The van der Waals surface area contributed by atoms with Crippen molar-refractivity contribution in [1.29, 1.82) is 0 Å². The number of nitrogens with one attached hydrogen (secondary N) is 2. The third kappa shape index (κ3) is 3.13. The van der Waals surface area contributed by atoms with Crippen LogP contribution in [0.3, 0.4) is 0 Å². The lowest BCUT2D eigenvalue weighted by Crippen LogP contribution is -2.41. The van der Waals surface area contributed by atoms with Crippen LogP contribution in [0, 0.1) is 0 Å². The average Bonchev–Trinajstić information content (AvgIpc) is 2.70. The summed E-state index contributed by atoms with van der Waals surface area (Å²) >= 11 is 0. The van der Waals surface area contributed by atoms with Crippen molar-refractivity contribution in [3.8, 4) is 0 Å². The quantitative estimate of drug-likeness (QED) is 0.860. The zero-order valence-electron chi connectivity index (χ0n) is 11.3. The topological polar surface area (TPSA) is 46.1 Å². The largest absolute Gasteiger partial charge is 0.347 e. The van der Waals surface area contributed by atoms with Crippen LogP contribution in [0.5, 0.6) is 0 Å². The lowest BCUT2D eigenvalue weighted by atomic mass is 10.1. The Kier molecular flexibility index (Phi) is 4.42. The second-order valence-corrected chi connectivity index (χ2v) is 5.26. The number of hydrogen-bond donors (Lipinski definition) is 2. The van der Waals surface area contributed by atoms with Gasteiger partial charge in [0, 0.05) is 24.8 Å². The number of carbonyl (C=O) groups is 1. The summed E-state index contributed by atoms with van der Waals surface area (Å²) in [4.78, 5) is 12.3. The van der Waals surface area contributed by atoms with Gasteiger partial charge in [-0.05, 0) is 45.4 Å². The molecule has 2 N–H and O–H groups in total. The van der Waals surface area contributed by atoms with Crippen molar-refractivity contribution in [3.05, 3.63) is 24.0 Å². The summed E-state index contributed by atoms with van der Waals surface area (Å²) in [6.45, 7) is 6.12. The molecule has 1 aromatic heterocycles. The standard InChI is InChI=1S/C14H23N3O/c1-11(2)17-9-5-7-13(17)14(18)16-12-6-3-4-8-15-10-12/h5,7,9,11-12,15H,3-4,6,8,10H2,1-2H3,(H,16,18). The van der Waals surface area contributed by atoms with Gasteiger partial charge in [0.2, 0.25) is 0 Å². The summed E-state index contributed by atoms with van der Waals surface area (Å²) in [6, 6.07) is 4.39. The summed E-state index contributed by atoms with van der Waals surface area (Å²) < 4.78 is 2.01. The maximum atomic E-state index is 12.3. The fourth-order valence-corrected chi connectivity index (χ4v) is 2.44. The maximum absolute atomic E-state index is 12.3. The number of hydrogen-bond acceptors (Lipinski definition) is 2. The van der Waals surface area contributed by atoms with Crippen LogP contribution in [0.2, 0.25) is 0 Å². The molecule has 0 aliphatic carbocycles. The Bertz CT molecular complexity index is 389. The molecule has 2 rings (SSSR count). The van der Waals surface area contributed by atoms with Gasteiger partial charge < -0.3 is 15.2 Å². The Morgan fingerprint density at radius 3 is 3.11 bits per heavy atom. The molecule has 1 aliphatic heterocycles. The lowest BCUT2D eigenvalue weighted by Gasteiger charge is -2.18. The van der Waals surface area contributed by atoms with Crippen LogP contribution in [0.15, 0.2) is 18.3 Å². The van der Waals surface area contributed by atoms with Gasteiger partial charge in [0.15, 0.2) is 0 Å². The highest BCUT2D eigenvalue weighted by molar-refractivity contribution is 5.93. The summed E-state index contributed by atoms with van der Waals surface area (Å²) in [6.07, 6.45) is 5.42. The van der Waals surface area contributed by atoms with E-state index in [1.807, 2.05) is 22.9 Å². The predicted octanol–water partition coefficient (Wildman–Crippen LogP) is 1.94. The number of rotatable bonds is 3. The molecule has 1 aromatic rings. The van der Waals surface area contributed by atoms with Crippen LogP contribution in [0.1, 0.15) is 49.6 Å². The molecule has 1 saturated heterocycles. The van der Waals surface area contributed by atoms with Crippen LogP contribution >= 0.6 is 0 Å². The summed E-state index contributed by atoms with van der Waals surface area (Å²) in [5.74, 6) is 0.0439. The molecule has 2 heterocycles. The molecule has 0 radical (unpaired) electrons. The fourth-order valence-electron chi connectivity index (χ4n) is 2.44. The van der Waals surface area contributed by atoms with Gasteiger partial charge in [-0.3, -0.25) is 4.79 Å². The Balaban J connectivity index is 2.00. The zero-order chi connectivity index (χ0) is 13.0. The van der Waals surface area contributed by atoms with Gasteiger partial charge >= 0.3 is 0 Å². The van der Waals surface area contributed by atoms with Gasteiger partial charge in [-0.2, -0.15) is 0 Å². The van der Waals surface area contributed by atoms with E-state index in [9.17, 15) is 4.79 Å². The van der Waals surface area contributed by atoms with Crippen molar-refractivity contribution in [2.75, 3.05) is 13.1 Å². The Morgan fingerprint density at radius 2 is 2.33 bits per heavy atom. The van der Waals surface area contributed by atoms with Gasteiger partial charge in [-0.25, -0.2) is 0 Å². The average molecular weight is 249 g/mol. The molecule has 1 amide bonds. The molecule has 0 saturated carbocycles. The molecule has 18 heavy (non-hydrogen) atoms. The number of carbonyl (C=O) groups excluding carboxylic acids is 1. The number of amides is 1. The smallest absolute Gasteiger partial charge is 0.268 e. The van der Waals surface area contributed by atoms with E-state index in [1.165, 1.54) is 12.8 Å². The first kappa shape index (κ1) is 13.1. The van der Waals surface area contributed by atoms with E-state index in [-0.39, 0.29) is 11.9 Å². The van der Waals surface area contributed by atoms with Crippen LogP contribution in [-0.4, -0.2) is 29.6 Å². The summed E-state index contributed by atoms with van der Waals surface area (Å²) in [7, 11) is 0. The van der Waals surface area contributed by atoms with Gasteiger partial charge in [0.05, 0.1) is 0 Å². The minimum Gasteiger partial charge on any atom is -0.347 e. The van der Waals surface area contributed by atoms with E-state index in [0.29, 0.717) is 6.04 Å². The van der Waals surface area contributed by atoms with Gasteiger partial charge in [0.1, 0.15) is 5.69 Å². The van der Waals surface area contributed by atoms with Crippen LogP contribution in [-0.2, 0) is 0 Å². The summed E-state index contributed by atoms with van der Waals surface area (Å²) in [5.41, 5.74) is 0.759. The highest BCUT2D eigenvalue weighted by atomic mass is 16.2. The van der Waals surface area contributed by atoms with Gasteiger partial charge in [-0.15, -0.1) is 0 Å². The van der Waals surface area contributed by atoms with Crippen molar-refractivity contribution >= 4 is 5.91 Å². The lowest BCUT2D eigenvalue weighted by molar-refractivity contribution is 0.0924. The van der Waals surface area contributed by atoms with E-state index in [4.69, 9.17) is 0 Å². The molecular formula is C14H23N3O. The molecular weight excluding hydrogens is 226 g/mol. The van der Waals surface area contributed by atoms with E-state index in [2.05, 4.69) is 24.5 Å². The molecule has 1 atom stereocenters. The zero-order valence-corrected chi connectivity index (χ0v) is 11.3. The van der Waals surface area contributed by atoms with Gasteiger partial charge in [0.25, 0.3) is 5.91 Å². The Hall–Kier alpha value is -1.29. The normalized spacial score (nSPS) is 20.7. The van der Waals surface area contributed by atoms with E-state index in [1.54, 1.807) is 0 Å². The van der Waals surface area contributed by atoms with Crippen molar-refractivity contribution in [2.24, 2.45) is 0 Å². The fraction of sp³-hybridized carbons (Fsp3) is 0.643. The number of aromatic nitrogens is 1. The van der Waals surface area contributed by atoms with Crippen LogP contribution < -0.4 is 10.6 Å². The minimum absolute atomic E-state index is 0.0439. The highest BCUT2D eigenvalue weighted by Gasteiger charge is 2.18. The first-order valence-corrected chi connectivity index (χ1v) is 6.87. The molecule has 0 bridgehead atoms. The second kappa shape index (κ2) is 6.05. The third-order valence-electron chi connectivity index (χ3n) is 3.45. The monoisotopic (exact) mass is 249 g/mol. The second-order valence-electron chi connectivity index (χ2n) is 5.26. The first-order chi connectivity index (χ1) is 8.68. The van der Waals surface area contributed by atoms with Crippen molar-refractivity contribution in [3.63, 3.8) is 0 Å². The predicted molar refractivity (Wildman–Crippen MR) is 72.8 cm³/mol. The molecule has 1 fully saturated rings. The highest BCUT2D eigenvalue weighted by Crippen LogP contribution is 2.12. The summed E-state index contributed by atoms with van der Waals surface area (Å²) in [5, 5.41) is 6.50. The van der Waals surface area contributed by atoms with E-state index < -0.39 is 0 Å². The Morgan fingerprint density at radius 1 is 1.50 bits per heavy atom. The molecule has 100 valence electrons. The molecule has 4 nitrogen and oxygen atoms in total. The SMILES string of the molecule is CC(C)n1cccc1C(=O)NC1CCCCNC1. The van der Waals surface area contributed by atoms with E-state index in [0.717, 1.165) is 25.2 Å². The van der Waals surface area contributed by atoms with Crippen LogP contribution in [0.4, 0.5) is 0 Å². The van der Waals surface area contributed by atoms with Crippen molar-refractivity contribution in [1.82, 2.24) is 15.2 Å². The molecule has 0 spiro atoms. The molecule has 0 aromatic carbocycles. The first-order valence-electron chi connectivity index (χ1n) is 6.87. The van der Waals surface area contributed by atoms with Crippen LogP contribution in [0.25, 0.3) is 0 Å². The van der Waals surface area contributed by atoms with Crippen molar-refractivity contribution < 1.29 is 4.79 Å². The molecule has 4 heteroatoms. The molecule has 1 unspecified atom stereocenters. The minimum atomic E-state index is 0.0439. The van der Waals surface area contributed by atoms with Crippen molar-refractivity contribution in [2.45, 2.75) is 45.2 Å². The van der Waals surface area contributed by atoms with E-state index >= 15 is 0 Å². The molecule has 1 aliphatic rings. The number of nitrogens with zero attached hydrogens (tertiary/aromatic N) is 1. The van der Waals surface area contributed by atoms with Gasteiger partial charge in [-0.1, -0.05) is 6.42 Å². The maximum Gasteiger partial charge on any atom is 0.268 e. The Labute approximate surface area is 109 Å².